The number of hydrogen-bond acceptors (Lipinski definition) is 6. The monoisotopic (exact) mass is 388 g/mol. The first-order valence-corrected chi connectivity index (χ1v) is 9.63. The van der Waals surface area contributed by atoms with Crippen molar-refractivity contribution in [1.82, 2.24) is 24.3 Å². The summed E-state index contributed by atoms with van der Waals surface area (Å²) in [5, 5.41) is 16.5. The van der Waals surface area contributed by atoms with Gasteiger partial charge in [-0.15, -0.1) is 0 Å². The second kappa shape index (κ2) is 5.01. The van der Waals surface area contributed by atoms with E-state index in [9.17, 15) is 9.90 Å². The SMILES string of the molecule is Cc1c(O)c(-c2ncc3c(=O)n(C45CC(N)(C4)C5)ccc3n2)cc2cn(C)nc12. The largest absolute Gasteiger partial charge is 0.507 e. The van der Waals surface area contributed by atoms with Gasteiger partial charge in [0.25, 0.3) is 5.56 Å². The van der Waals surface area contributed by atoms with Crippen LogP contribution in [0, 0.1) is 6.92 Å². The molecule has 3 fully saturated rings. The zero-order chi connectivity index (χ0) is 20.1. The number of hydrogen-bond donors (Lipinski definition) is 2. The maximum Gasteiger partial charge on any atom is 0.262 e. The van der Waals surface area contributed by atoms with Crippen molar-refractivity contribution in [2.45, 2.75) is 37.3 Å². The van der Waals surface area contributed by atoms with Gasteiger partial charge in [-0.2, -0.15) is 5.10 Å². The minimum atomic E-state index is -0.126. The molecule has 0 atom stereocenters. The summed E-state index contributed by atoms with van der Waals surface area (Å²) in [5.41, 5.74) is 8.38. The molecule has 29 heavy (non-hydrogen) atoms. The summed E-state index contributed by atoms with van der Waals surface area (Å²) in [6.45, 7) is 1.82. The summed E-state index contributed by atoms with van der Waals surface area (Å²) in [4.78, 5) is 22.0. The van der Waals surface area contributed by atoms with Crippen molar-refractivity contribution in [2.75, 3.05) is 0 Å². The number of aromatic nitrogens is 5. The van der Waals surface area contributed by atoms with Crippen LogP contribution in [0.2, 0.25) is 0 Å². The molecule has 8 heteroatoms. The summed E-state index contributed by atoms with van der Waals surface area (Å²) in [6, 6.07) is 3.67. The van der Waals surface area contributed by atoms with Crippen molar-refractivity contribution >= 4 is 21.8 Å². The standard InChI is InChI=1S/C21H20N6O2/c1-11-16-12(7-26(2)25-16)5-13(17(11)28)18-23-6-14-15(24-18)3-4-27(19(14)29)21-8-20(22,9-21)10-21/h3-7,28H,8-10,22H2,1-2H3. The number of rotatable bonds is 2. The minimum Gasteiger partial charge on any atom is -0.507 e. The van der Waals surface area contributed by atoms with E-state index in [2.05, 4.69) is 15.1 Å². The normalized spacial score (nSPS) is 25.2. The lowest BCUT2D eigenvalue weighted by molar-refractivity contribution is -0.116. The molecule has 0 amide bonds. The molecule has 3 heterocycles. The van der Waals surface area contributed by atoms with Crippen LogP contribution in [-0.2, 0) is 12.6 Å². The van der Waals surface area contributed by atoms with Gasteiger partial charge in [-0.3, -0.25) is 9.48 Å². The van der Waals surface area contributed by atoms with Crippen molar-refractivity contribution < 1.29 is 5.11 Å². The topological polar surface area (TPSA) is 112 Å². The van der Waals surface area contributed by atoms with E-state index in [1.807, 2.05) is 38.5 Å². The first-order chi connectivity index (χ1) is 13.8. The second-order valence-corrected chi connectivity index (χ2v) is 8.74. The third-order valence-corrected chi connectivity index (χ3v) is 6.57. The summed E-state index contributed by atoms with van der Waals surface area (Å²) in [6.07, 6.45) is 7.81. The molecule has 4 aromatic rings. The fourth-order valence-corrected chi connectivity index (χ4v) is 5.21. The number of phenols is 1. The van der Waals surface area contributed by atoms with Crippen LogP contribution in [0.15, 0.2) is 35.5 Å². The van der Waals surface area contributed by atoms with Crippen LogP contribution in [-0.4, -0.2) is 35.0 Å². The summed E-state index contributed by atoms with van der Waals surface area (Å²) < 4.78 is 3.51. The van der Waals surface area contributed by atoms with E-state index in [1.165, 1.54) is 0 Å². The van der Waals surface area contributed by atoms with Crippen LogP contribution < -0.4 is 11.3 Å². The highest BCUT2D eigenvalue weighted by Crippen LogP contribution is 2.63. The second-order valence-electron chi connectivity index (χ2n) is 8.74. The number of aryl methyl sites for hydroxylation is 2. The minimum absolute atomic E-state index is 0.0743. The van der Waals surface area contributed by atoms with Crippen molar-refractivity contribution in [3.8, 4) is 17.1 Å². The van der Waals surface area contributed by atoms with Crippen LogP contribution >= 0.6 is 0 Å². The molecule has 0 saturated heterocycles. The van der Waals surface area contributed by atoms with Crippen molar-refractivity contribution in [2.24, 2.45) is 12.8 Å². The number of pyridine rings is 1. The van der Waals surface area contributed by atoms with Gasteiger partial charge in [-0.05, 0) is 38.3 Å². The first-order valence-electron chi connectivity index (χ1n) is 9.63. The van der Waals surface area contributed by atoms with Gasteiger partial charge in [0.15, 0.2) is 5.82 Å². The lowest BCUT2D eigenvalue weighted by atomic mass is 9.44. The van der Waals surface area contributed by atoms with Crippen LogP contribution in [0.3, 0.4) is 0 Å². The van der Waals surface area contributed by atoms with E-state index in [1.54, 1.807) is 15.4 Å². The van der Waals surface area contributed by atoms with E-state index in [0.29, 0.717) is 27.9 Å². The summed E-state index contributed by atoms with van der Waals surface area (Å²) >= 11 is 0. The molecule has 0 unspecified atom stereocenters. The average Bonchev–Trinajstić information content (AvgIpc) is 3.02. The average molecular weight is 388 g/mol. The van der Waals surface area contributed by atoms with Gasteiger partial charge >= 0.3 is 0 Å². The van der Waals surface area contributed by atoms with Gasteiger partial charge in [0.05, 0.1) is 27.5 Å². The molecule has 0 spiro atoms. The van der Waals surface area contributed by atoms with E-state index in [0.717, 1.165) is 30.2 Å². The highest BCUT2D eigenvalue weighted by atomic mass is 16.3. The van der Waals surface area contributed by atoms with Gasteiger partial charge in [-0.1, -0.05) is 0 Å². The predicted octanol–water partition coefficient (Wildman–Crippen LogP) is 1.95. The molecule has 8 nitrogen and oxygen atoms in total. The van der Waals surface area contributed by atoms with Gasteiger partial charge in [0.1, 0.15) is 5.75 Å². The Balaban J connectivity index is 1.49. The van der Waals surface area contributed by atoms with Gasteiger partial charge < -0.3 is 15.4 Å². The van der Waals surface area contributed by atoms with Crippen LogP contribution in [0.1, 0.15) is 24.8 Å². The summed E-state index contributed by atoms with van der Waals surface area (Å²) in [7, 11) is 1.84. The Morgan fingerprint density at radius 1 is 1.28 bits per heavy atom. The molecule has 0 radical (unpaired) electrons. The third-order valence-electron chi connectivity index (χ3n) is 6.57. The molecule has 2 bridgehead atoms. The molecule has 0 aliphatic heterocycles. The van der Waals surface area contributed by atoms with Crippen molar-refractivity contribution in [3.63, 3.8) is 0 Å². The van der Waals surface area contributed by atoms with Gasteiger partial charge in [0, 0.05) is 42.1 Å². The van der Waals surface area contributed by atoms with Crippen LogP contribution in [0.25, 0.3) is 33.2 Å². The Labute approximate surface area is 165 Å². The van der Waals surface area contributed by atoms with Crippen LogP contribution in [0.5, 0.6) is 5.75 Å². The van der Waals surface area contributed by atoms with Gasteiger partial charge in [0.2, 0.25) is 0 Å². The number of nitrogens with zero attached hydrogens (tertiary/aromatic N) is 5. The third kappa shape index (κ3) is 2.06. The Morgan fingerprint density at radius 2 is 2.03 bits per heavy atom. The molecular formula is C21H20N6O2. The van der Waals surface area contributed by atoms with Gasteiger partial charge in [-0.25, -0.2) is 9.97 Å². The quantitative estimate of drug-likeness (QED) is 0.543. The number of nitrogens with two attached hydrogens (primary N) is 1. The molecule has 3 saturated carbocycles. The van der Waals surface area contributed by atoms with Crippen molar-refractivity contribution in [3.05, 3.63) is 46.6 Å². The Bertz CT molecular complexity index is 1400. The molecular weight excluding hydrogens is 368 g/mol. The Hall–Kier alpha value is -3.26. The maximum absolute atomic E-state index is 13.0. The lowest BCUT2D eigenvalue weighted by Gasteiger charge is -2.69. The molecule has 3 N–H and O–H groups in total. The highest BCUT2D eigenvalue weighted by Gasteiger charge is 2.67. The fraction of sp³-hybridized carbons (Fsp3) is 0.333. The van der Waals surface area contributed by atoms with E-state index >= 15 is 0 Å². The lowest BCUT2D eigenvalue weighted by Crippen LogP contribution is -2.77. The molecule has 3 aliphatic rings. The molecule has 146 valence electrons. The number of aromatic hydroxyl groups is 1. The number of benzene rings is 1. The molecule has 3 aliphatic carbocycles. The first kappa shape index (κ1) is 16.7. The zero-order valence-corrected chi connectivity index (χ0v) is 16.2. The van der Waals surface area contributed by atoms with Crippen LogP contribution in [0.4, 0.5) is 0 Å². The Kier molecular flexibility index (Phi) is 2.88. The van der Waals surface area contributed by atoms with E-state index in [-0.39, 0.29) is 22.4 Å². The fourth-order valence-electron chi connectivity index (χ4n) is 5.21. The smallest absolute Gasteiger partial charge is 0.262 e. The maximum atomic E-state index is 13.0. The zero-order valence-electron chi connectivity index (χ0n) is 16.2. The number of phenolic OH excluding ortho intramolecular Hbond substituents is 1. The Morgan fingerprint density at radius 3 is 2.76 bits per heavy atom. The number of fused-ring (bicyclic) bond motifs is 2. The molecule has 3 aromatic heterocycles. The molecule has 7 rings (SSSR count). The van der Waals surface area contributed by atoms with Crippen molar-refractivity contribution in [1.29, 1.82) is 0 Å². The molecule has 1 aromatic carbocycles. The summed E-state index contributed by atoms with van der Waals surface area (Å²) in [5.74, 6) is 0.485. The highest BCUT2D eigenvalue weighted by molar-refractivity contribution is 5.90. The van der Waals surface area contributed by atoms with E-state index in [4.69, 9.17) is 5.73 Å². The predicted molar refractivity (Wildman–Crippen MR) is 109 cm³/mol. The van der Waals surface area contributed by atoms with E-state index < -0.39 is 0 Å².